The molecule has 166 valence electrons. The van der Waals surface area contributed by atoms with E-state index in [1.807, 2.05) is 46.6 Å². The molecule has 0 bridgehead atoms. The van der Waals surface area contributed by atoms with E-state index in [1.54, 1.807) is 6.92 Å². The zero-order valence-electron chi connectivity index (χ0n) is 19.1. The van der Waals surface area contributed by atoms with Gasteiger partial charge in [0.15, 0.2) is 0 Å². The van der Waals surface area contributed by atoms with Gasteiger partial charge in [0.25, 0.3) is 0 Å². The minimum atomic E-state index is -1.56. The average molecular weight is 402 g/mol. The van der Waals surface area contributed by atoms with Gasteiger partial charge in [0, 0.05) is 12.6 Å². The lowest BCUT2D eigenvalue weighted by Crippen LogP contribution is -2.58. The van der Waals surface area contributed by atoms with E-state index in [4.69, 9.17) is 4.74 Å². The molecule has 1 aliphatic heterocycles. The van der Waals surface area contributed by atoms with Crippen LogP contribution in [-0.2, 0) is 9.53 Å². The number of rotatable bonds is 1. The Hall–Kier alpha value is -0.690. The first-order valence-electron chi connectivity index (χ1n) is 10.7. The highest BCUT2D eigenvalue weighted by atomic mass is 16.6. The summed E-state index contributed by atoms with van der Waals surface area (Å²) in [5.74, 6) is -0.322. The second-order valence-corrected chi connectivity index (χ2v) is 9.94. The first kappa shape index (κ1) is 25.3. The van der Waals surface area contributed by atoms with Gasteiger partial charge in [-0.25, -0.2) is 0 Å². The molecule has 0 aromatic rings. The smallest absolute Gasteiger partial charge is 0.309 e. The molecule has 0 aliphatic carbocycles. The van der Waals surface area contributed by atoms with E-state index < -0.39 is 23.4 Å². The SMILES string of the molecule is CC[C@H]1OC(=O)[C@H](C)C[C@H](C)C[C@](C)(O)C[C@@H](C)CN(C)[C@H](C)[C@@H](O)[C@]1(C)O. The number of nitrogens with zero attached hydrogens (tertiary/aromatic N) is 1. The van der Waals surface area contributed by atoms with E-state index in [1.165, 1.54) is 0 Å². The third kappa shape index (κ3) is 6.68. The standard InChI is InChI=1S/C22H43NO5/c1-9-18-22(7,27)19(24)17(5)23(8)13-15(3)12-21(6,26)11-14(2)10-16(4)20(25)28-18/h14-19,24,26-27H,9-13H2,1-8H3/t14-,15+,16+,17+,18+,19+,21-,22+/m0/s1. The van der Waals surface area contributed by atoms with Crippen LogP contribution >= 0.6 is 0 Å². The van der Waals surface area contributed by atoms with Crippen LogP contribution in [0.15, 0.2) is 0 Å². The lowest BCUT2D eigenvalue weighted by Gasteiger charge is -2.42. The van der Waals surface area contributed by atoms with Crippen molar-refractivity contribution < 1.29 is 24.9 Å². The van der Waals surface area contributed by atoms with Crippen molar-refractivity contribution in [2.75, 3.05) is 13.6 Å². The Morgan fingerprint density at radius 3 is 2.18 bits per heavy atom. The molecule has 1 aliphatic rings. The van der Waals surface area contributed by atoms with Crippen LogP contribution in [0.2, 0.25) is 0 Å². The molecule has 0 saturated carbocycles. The van der Waals surface area contributed by atoms with E-state index in [0.29, 0.717) is 32.2 Å². The topological polar surface area (TPSA) is 90.2 Å². The van der Waals surface area contributed by atoms with Gasteiger partial charge in [-0.3, -0.25) is 4.79 Å². The first-order chi connectivity index (χ1) is 12.7. The summed E-state index contributed by atoms with van der Waals surface area (Å²) in [5.41, 5.74) is -2.37. The van der Waals surface area contributed by atoms with Crippen molar-refractivity contribution in [3.63, 3.8) is 0 Å². The minimum Gasteiger partial charge on any atom is -0.459 e. The number of likely N-dealkylation sites (N-methyl/N-ethyl adjacent to an activating group) is 1. The van der Waals surface area contributed by atoms with Crippen LogP contribution in [0.4, 0.5) is 0 Å². The van der Waals surface area contributed by atoms with E-state index in [0.717, 1.165) is 0 Å². The molecule has 8 atom stereocenters. The lowest BCUT2D eigenvalue weighted by molar-refractivity contribution is -0.189. The van der Waals surface area contributed by atoms with Gasteiger partial charge in [0.1, 0.15) is 17.8 Å². The Bertz CT molecular complexity index is 507. The van der Waals surface area contributed by atoms with Crippen molar-refractivity contribution >= 4 is 5.97 Å². The van der Waals surface area contributed by atoms with Gasteiger partial charge in [0.2, 0.25) is 0 Å². The molecule has 0 radical (unpaired) electrons. The molecule has 6 heteroatoms. The second kappa shape index (κ2) is 9.88. The monoisotopic (exact) mass is 401 g/mol. The largest absolute Gasteiger partial charge is 0.459 e. The molecule has 1 fully saturated rings. The number of carbonyl (C=O) groups excluding carboxylic acids is 1. The van der Waals surface area contributed by atoms with Crippen molar-refractivity contribution in [3.05, 3.63) is 0 Å². The first-order valence-corrected chi connectivity index (χ1v) is 10.7. The van der Waals surface area contributed by atoms with Gasteiger partial charge >= 0.3 is 5.97 Å². The third-order valence-electron chi connectivity index (χ3n) is 6.37. The molecule has 6 nitrogen and oxygen atoms in total. The highest BCUT2D eigenvalue weighted by molar-refractivity contribution is 5.72. The fourth-order valence-electron chi connectivity index (χ4n) is 4.88. The van der Waals surface area contributed by atoms with E-state index in [2.05, 4.69) is 6.92 Å². The number of esters is 1. The van der Waals surface area contributed by atoms with Crippen LogP contribution < -0.4 is 0 Å². The number of aliphatic hydroxyl groups is 3. The molecule has 1 rings (SSSR count). The molecule has 0 aromatic heterocycles. The fourth-order valence-corrected chi connectivity index (χ4v) is 4.88. The minimum absolute atomic E-state index is 0.165. The van der Waals surface area contributed by atoms with Crippen LogP contribution in [0, 0.1) is 17.8 Å². The summed E-state index contributed by atoms with van der Waals surface area (Å²) in [4.78, 5) is 14.6. The molecule has 0 amide bonds. The summed E-state index contributed by atoms with van der Waals surface area (Å²) in [6, 6.07) is -0.336. The van der Waals surface area contributed by atoms with E-state index in [9.17, 15) is 20.1 Å². The van der Waals surface area contributed by atoms with E-state index >= 15 is 0 Å². The predicted molar refractivity (Wildman–Crippen MR) is 111 cm³/mol. The zero-order chi connectivity index (χ0) is 21.9. The molecule has 1 saturated heterocycles. The van der Waals surface area contributed by atoms with Crippen molar-refractivity contribution in [3.8, 4) is 0 Å². The Kier molecular flexibility index (Phi) is 8.94. The number of carbonyl (C=O) groups is 1. The molecule has 1 heterocycles. The summed E-state index contributed by atoms with van der Waals surface area (Å²) < 4.78 is 5.65. The predicted octanol–water partition coefficient (Wildman–Crippen LogP) is 2.58. The molecule has 0 unspecified atom stereocenters. The average Bonchev–Trinajstić information content (AvgIpc) is 2.55. The summed E-state index contributed by atoms with van der Waals surface area (Å²) in [6.45, 7) is 13.8. The summed E-state index contributed by atoms with van der Waals surface area (Å²) in [5, 5.41) is 32.8. The third-order valence-corrected chi connectivity index (χ3v) is 6.37. The van der Waals surface area contributed by atoms with Crippen LogP contribution in [0.3, 0.4) is 0 Å². The maximum Gasteiger partial charge on any atom is 0.309 e. The molecule has 3 N–H and O–H groups in total. The zero-order valence-corrected chi connectivity index (χ0v) is 19.1. The van der Waals surface area contributed by atoms with Crippen LogP contribution in [0.25, 0.3) is 0 Å². The molecule has 28 heavy (non-hydrogen) atoms. The van der Waals surface area contributed by atoms with Crippen molar-refractivity contribution in [1.29, 1.82) is 0 Å². The highest BCUT2D eigenvalue weighted by Gasteiger charge is 2.44. The van der Waals surface area contributed by atoms with Gasteiger partial charge in [-0.05, 0) is 65.3 Å². The summed E-state index contributed by atoms with van der Waals surface area (Å²) in [6.07, 6.45) is 0.417. The van der Waals surface area contributed by atoms with Gasteiger partial charge in [0.05, 0.1) is 11.5 Å². The highest BCUT2D eigenvalue weighted by Crippen LogP contribution is 2.31. The number of hydrogen-bond acceptors (Lipinski definition) is 6. The maximum absolute atomic E-state index is 12.6. The number of ether oxygens (including phenoxy) is 1. The Morgan fingerprint density at radius 2 is 1.64 bits per heavy atom. The van der Waals surface area contributed by atoms with Crippen LogP contribution in [-0.4, -0.2) is 69.2 Å². The Morgan fingerprint density at radius 1 is 1.11 bits per heavy atom. The molecular weight excluding hydrogens is 358 g/mol. The van der Waals surface area contributed by atoms with Gasteiger partial charge in [-0.1, -0.05) is 27.7 Å². The molecule has 0 spiro atoms. The van der Waals surface area contributed by atoms with Crippen molar-refractivity contribution in [1.82, 2.24) is 4.90 Å². The number of aliphatic hydroxyl groups excluding tert-OH is 1. The van der Waals surface area contributed by atoms with Gasteiger partial charge < -0.3 is 25.0 Å². The number of hydrogen-bond donors (Lipinski definition) is 3. The molecular formula is C22H43NO5. The summed E-state index contributed by atoms with van der Waals surface area (Å²) >= 11 is 0. The summed E-state index contributed by atoms with van der Waals surface area (Å²) in [7, 11) is 1.91. The van der Waals surface area contributed by atoms with Gasteiger partial charge in [-0.2, -0.15) is 0 Å². The number of cyclic esters (lactones) is 1. The van der Waals surface area contributed by atoms with Crippen molar-refractivity contribution in [2.24, 2.45) is 17.8 Å². The Balaban J connectivity index is 3.19. The van der Waals surface area contributed by atoms with Crippen LogP contribution in [0.5, 0.6) is 0 Å². The fraction of sp³-hybridized carbons (Fsp3) is 0.955. The normalized spacial score (nSPS) is 45.8. The second-order valence-electron chi connectivity index (χ2n) is 9.94. The quantitative estimate of drug-likeness (QED) is 0.585. The van der Waals surface area contributed by atoms with Gasteiger partial charge in [-0.15, -0.1) is 0 Å². The Labute approximate surface area is 171 Å². The molecule has 0 aromatic carbocycles. The lowest BCUT2D eigenvalue weighted by atomic mass is 9.82. The van der Waals surface area contributed by atoms with E-state index in [-0.39, 0.29) is 29.8 Å². The maximum atomic E-state index is 12.6. The van der Waals surface area contributed by atoms with Crippen molar-refractivity contribution in [2.45, 2.75) is 104 Å². The van der Waals surface area contributed by atoms with Crippen LogP contribution in [0.1, 0.15) is 74.1 Å².